The van der Waals surface area contributed by atoms with Crippen LogP contribution in [-0.2, 0) is 9.47 Å². The van der Waals surface area contributed by atoms with Gasteiger partial charge >= 0.3 is 0 Å². The van der Waals surface area contributed by atoms with Gasteiger partial charge in [0.1, 0.15) is 0 Å². The van der Waals surface area contributed by atoms with E-state index >= 15 is 0 Å². The molecule has 0 aromatic rings. The molecule has 0 amide bonds. The van der Waals surface area contributed by atoms with Crippen LogP contribution in [0.5, 0.6) is 0 Å². The molecule has 4 nitrogen and oxygen atoms in total. The van der Waals surface area contributed by atoms with Crippen molar-refractivity contribution in [3.05, 3.63) is 0 Å². The lowest BCUT2D eigenvalue weighted by molar-refractivity contribution is -0.0269. The molecule has 2 rings (SSSR count). The Morgan fingerprint density at radius 1 is 1.41 bits per heavy atom. The lowest BCUT2D eigenvalue weighted by Crippen LogP contribution is -2.41. The molecule has 0 aromatic carbocycles. The molecule has 0 radical (unpaired) electrons. The first-order valence-electron chi connectivity index (χ1n) is 6.68. The predicted molar refractivity (Wildman–Crippen MR) is 66.1 cm³/mol. The predicted octanol–water partition coefficient (Wildman–Crippen LogP) is 1.08. The number of nitrogens with one attached hydrogen (secondary N) is 1. The van der Waals surface area contributed by atoms with Crippen molar-refractivity contribution in [1.29, 1.82) is 0 Å². The Labute approximate surface area is 104 Å². The summed E-state index contributed by atoms with van der Waals surface area (Å²) in [6.07, 6.45) is 4.10. The number of hydrogen-bond acceptors (Lipinski definition) is 4. The van der Waals surface area contributed by atoms with Crippen LogP contribution in [0.4, 0.5) is 0 Å². The van der Waals surface area contributed by atoms with Crippen LogP contribution in [0.15, 0.2) is 0 Å². The van der Waals surface area contributed by atoms with Crippen LogP contribution in [-0.4, -0.2) is 48.7 Å². The minimum atomic E-state index is -0.633. The summed E-state index contributed by atoms with van der Waals surface area (Å²) in [6, 6.07) is 0. The largest absolute Gasteiger partial charge is 0.390 e. The Bertz CT molecular complexity index is 244. The van der Waals surface area contributed by atoms with Crippen LogP contribution in [0, 0.1) is 0 Å². The van der Waals surface area contributed by atoms with E-state index < -0.39 is 5.60 Å². The molecule has 100 valence electrons. The zero-order valence-corrected chi connectivity index (χ0v) is 11.0. The fourth-order valence-corrected chi connectivity index (χ4v) is 2.62. The topological polar surface area (TPSA) is 50.7 Å². The van der Waals surface area contributed by atoms with Crippen molar-refractivity contribution in [2.45, 2.75) is 56.8 Å². The van der Waals surface area contributed by atoms with Gasteiger partial charge in [0.05, 0.1) is 23.9 Å². The summed E-state index contributed by atoms with van der Waals surface area (Å²) in [5.41, 5.74) is -0.559. The van der Waals surface area contributed by atoms with Crippen molar-refractivity contribution in [3.63, 3.8) is 0 Å². The SMILES string of the molecule is CC(C)(O)CCOC1COC2(CCNCC2)C1. The molecule has 2 aliphatic rings. The third-order valence-corrected chi connectivity index (χ3v) is 3.76. The number of piperidine rings is 1. The summed E-state index contributed by atoms with van der Waals surface area (Å²) in [5, 5.41) is 13.0. The van der Waals surface area contributed by atoms with Gasteiger partial charge < -0.3 is 19.9 Å². The highest BCUT2D eigenvalue weighted by atomic mass is 16.6. The molecule has 1 atom stereocenters. The molecule has 0 bridgehead atoms. The Morgan fingerprint density at radius 2 is 2.12 bits per heavy atom. The highest BCUT2D eigenvalue weighted by Crippen LogP contribution is 2.35. The molecule has 0 aliphatic carbocycles. The van der Waals surface area contributed by atoms with Gasteiger partial charge in [-0.2, -0.15) is 0 Å². The second kappa shape index (κ2) is 5.22. The summed E-state index contributed by atoms with van der Waals surface area (Å²) >= 11 is 0. The van der Waals surface area contributed by atoms with Gasteiger partial charge in [0.25, 0.3) is 0 Å². The highest BCUT2D eigenvalue weighted by Gasteiger charge is 2.41. The van der Waals surface area contributed by atoms with Crippen LogP contribution in [0.25, 0.3) is 0 Å². The Balaban J connectivity index is 1.70. The minimum Gasteiger partial charge on any atom is -0.390 e. The van der Waals surface area contributed by atoms with Crippen molar-refractivity contribution >= 4 is 0 Å². The molecule has 2 N–H and O–H groups in total. The normalized spacial score (nSPS) is 28.8. The monoisotopic (exact) mass is 243 g/mol. The third-order valence-electron chi connectivity index (χ3n) is 3.76. The van der Waals surface area contributed by atoms with Crippen LogP contribution in [0.1, 0.15) is 39.5 Å². The van der Waals surface area contributed by atoms with E-state index in [0.29, 0.717) is 19.6 Å². The van der Waals surface area contributed by atoms with E-state index in [1.54, 1.807) is 0 Å². The molecule has 1 spiro atoms. The number of hydrogen-bond donors (Lipinski definition) is 2. The van der Waals surface area contributed by atoms with Gasteiger partial charge in [0, 0.05) is 13.0 Å². The zero-order chi connectivity index (χ0) is 12.4. The summed E-state index contributed by atoms with van der Waals surface area (Å²) in [5.74, 6) is 0. The average Bonchev–Trinajstić information content (AvgIpc) is 2.61. The number of aliphatic hydroxyl groups is 1. The van der Waals surface area contributed by atoms with E-state index in [4.69, 9.17) is 9.47 Å². The fourth-order valence-electron chi connectivity index (χ4n) is 2.62. The molecule has 1 unspecified atom stereocenters. The molecule has 0 saturated carbocycles. The average molecular weight is 243 g/mol. The van der Waals surface area contributed by atoms with E-state index in [1.165, 1.54) is 0 Å². The summed E-state index contributed by atoms with van der Waals surface area (Å²) < 4.78 is 11.8. The van der Waals surface area contributed by atoms with E-state index in [0.717, 1.165) is 32.4 Å². The first-order chi connectivity index (χ1) is 7.99. The van der Waals surface area contributed by atoms with Crippen molar-refractivity contribution in [3.8, 4) is 0 Å². The lowest BCUT2D eigenvalue weighted by atomic mass is 9.89. The summed E-state index contributed by atoms with van der Waals surface area (Å²) in [4.78, 5) is 0. The first kappa shape index (κ1) is 13.3. The van der Waals surface area contributed by atoms with Gasteiger partial charge in [0.2, 0.25) is 0 Å². The van der Waals surface area contributed by atoms with Crippen LogP contribution < -0.4 is 5.32 Å². The maximum Gasteiger partial charge on any atom is 0.0836 e. The van der Waals surface area contributed by atoms with Crippen LogP contribution in [0.3, 0.4) is 0 Å². The molecule has 0 aromatic heterocycles. The zero-order valence-electron chi connectivity index (χ0n) is 11.0. The molecule has 2 aliphatic heterocycles. The second-order valence-corrected chi connectivity index (χ2v) is 6.00. The number of rotatable bonds is 4. The van der Waals surface area contributed by atoms with Crippen LogP contribution in [0.2, 0.25) is 0 Å². The van der Waals surface area contributed by atoms with Gasteiger partial charge in [-0.1, -0.05) is 0 Å². The second-order valence-electron chi connectivity index (χ2n) is 6.00. The summed E-state index contributed by atoms with van der Waals surface area (Å²) in [7, 11) is 0. The summed E-state index contributed by atoms with van der Waals surface area (Å²) in [6.45, 7) is 7.07. The Hall–Kier alpha value is -0.160. The van der Waals surface area contributed by atoms with E-state index in [2.05, 4.69) is 5.32 Å². The van der Waals surface area contributed by atoms with Crippen molar-refractivity contribution in [1.82, 2.24) is 5.32 Å². The standard InChI is InChI=1S/C13H25NO3/c1-12(2,15)5-8-16-11-9-13(17-10-11)3-6-14-7-4-13/h11,14-15H,3-10H2,1-2H3. The van der Waals surface area contributed by atoms with E-state index in [1.807, 2.05) is 13.8 Å². The third kappa shape index (κ3) is 3.91. The molecule has 2 heterocycles. The van der Waals surface area contributed by atoms with Crippen molar-refractivity contribution in [2.75, 3.05) is 26.3 Å². The molecule has 2 fully saturated rings. The molecule has 4 heteroatoms. The maximum absolute atomic E-state index is 9.61. The molecule has 2 saturated heterocycles. The lowest BCUT2D eigenvalue weighted by Gasteiger charge is -2.32. The minimum absolute atomic E-state index is 0.0741. The molecular weight excluding hydrogens is 218 g/mol. The Morgan fingerprint density at radius 3 is 2.76 bits per heavy atom. The van der Waals surface area contributed by atoms with Gasteiger partial charge in [-0.05, 0) is 46.2 Å². The fraction of sp³-hybridized carbons (Fsp3) is 1.00. The van der Waals surface area contributed by atoms with Crippen LogP contribution >= 0.6 is 0 Å². The smallest absolute Gasteiger partial charge is 0.0836 e. The van der Waals surface area contributed by atoms with Gasteiger partial charge in [0.15, 0.2) is 0 Å². The van der Waals surface area contributed by atoms with Crippen molar-refractivity contribution in [2.24, 2.45) is 0 Å². The van der Waals surface area contributed by atoms with E-state index in [9.17, 15) is 5.11 Å². The van der Waals surface area contributed by atoms with Gasteiger partial charge in [-0.25, -0.2) is 0 Å². The first-order valence-corrected chi connectivity index (χ1v) is 6.68. The maximum atomic E-state index is 9.61. The Kier molecular flexibility index (Phi) is 4.08. The van der Waals surface area contributed by atoms with Gasteiger partial charge in [-0.3, -0.25) is 0 Å². The van der Waals surface area contributed by atoms with Crippen molar-refractivity contribution < 1.29 is 14.6 Å². The molecule has 17 heavy (non-hydrogen) atoms. The number of ether oxygens (including phenoxy) is 2. The van der Waals surface area contributed by atoms with E-state index in [-0.39, 0.29) is 11.7 Å². The quantitative estimate of drug-likeness (QED) is 0.775. The molecular formula is C13H25NO3. The highest BCUT2D eigenvalue weighted by molar-refractivity contribution is 4.93. The van der Waals surface area contributed by atoms with Gasteiger partial charge in [-0.15, -0.1) is 0 Å².